The van der Waals surface area contributed by atoms with Crippen molar-refractivity contribution in [3.05, 3.63) is 34.7 Å². The Morgan fingerprint density at radius 2 is 2.10 bits per heavy atom. The standard InChI is InChI=1S/C16H21N3OS/c1-10-18-13(9-21-10)11-6-5-7-12(8-11)19-15(20)14(17)16(2,3)4/h5-9,14H,17H2,1-4H3,(H,19,20). The summed E-state index contributed by atoms with van der Waals surface area (Å²) in [5, 5.41) is 5.91. The molecule has 2 aromatic rings. The Morgan fingerprint density at radius 3 is 2.67 bits per heavy atom. The quantitative estimate of drug-likeness (QED) is 0.912. The van der Waals surface area contributed by atoms with Crippen LogP contribution in [0.5, 0.6) is 0 Å². The molecular formula is C16H21N3OS. The lowest BCUT2D eigenvalue weighted by Gasteiger charge is -2.25. The van der Waals surface area contributed by atoms with E-state index in [0.717, 1.165) is 22.0 Å². The van der Waals surface area contributed by atoms with Gasteiger partial charge in [0.25, 0.3) is 0 Å². The van der Waals surface area contributed by atoms with Crippen LogP contribution < -0.4 is 11.1 Å². The number of nitrogens with zero attached hydrogens (tertiary/aromatic N) is 1. The second kappa shape index (κ2) is 5.95. The highest BCUT2D eigenvalue weighted by Crippen LogP contribution is 2.25. The molecule has 2 rings (SSSR count). The Morgan fingerprint density at radius 1 is 1.38 bits per heavy atom. The first-order valence-corrected chi connectivity index (χ1v) is 7.74. The second-order valence-electron chi connectivity index (χ2n) is 6.17. The Labute approximate surface area is 129 Å². The number of nitrogens with two attached hydrogens (primary N) is 1. The fourth-order valence-electron chi connectivity index (χ4n) is 1.87. The Hall–Kier alpha value is -1.72. The molecule has 3 N–H and O–H groups in total. The maximum atomic E-state index is 12.2. The monoisotopic (exact) mass is 303 g/mol. The van der Waals surface area contributed by atoms with Crippen molar-refractivity contribution in [3.8, 4) is 11.3 Å². The number of thiazole rings is 1. The number of aromatic nitrogens is 1. The molecule has 0 aliphatic heterocycles. The number of hydrogen-bond acceptors (Lipinski definition) is 4. The number of benzene rings is 1. The molecule has 0 radical (unpaired) electrons. The van der Waals surface area contributed by atoms with Crippen molar-refractivity contribution in [2.24, 2.45) is 11.1 Å². The number of amides is 1. The van der Waals surface area contributed by atoms with Gasteiger partial charge in [-0.1, -0.05) is 32.9 Å². The Balaban J connectivity index is 2.17. The number of carbonyl (C=O) groups excluding carboxylic acids is 1. The number of rotatable bonds is 3. The smallest absolute Gasteiger partial charge is 0.241 e. The average molecular weight is 303 g/mol. The summed E-state index contributed by atoms with van der Waals surface area (Å²) in [4.78, 5) is 16.6. The van der Waals surface area contributed by atoms with Crippen molar-refractivity contribution in [2.45, 2.75) is 33.7 Å². The van der Waals surface area contributed by atoms with Crippen molar-refractivity contribution in [2.75, 3.05) is 5.32 Å². The summed E-state index contributed by atoms with van der Waals surface area (Å²) in [6.07, 6.45) is 0. The van der Waals surface area contributed by atoms with Crippen LogP contribution in [-0.4, -0.2) is 16.9 Å². The van der Waals surface area contributed by atoms with Crippen LogP contribution in [0.2, 0.25) is 0 Å². The molecule has 1 aromatic carbocycles. The van der Waals surface area contributed by atoms with Gasteiger partial charge in [0.1, 0.15) is 0 Å². The fraction of sp³-hybridized carbons (Fsp3) is 0.375. The first-order valence-electron chi connectivity index (χ1n) is 6.86. The lowest BCUT2D eigenvalue weighted by molar-refractivity contribution is -0.119. The first-order chi connectivity index (χ1) is 9.77. The minimum atomic E-state index is -0.553. The van der Waals surface area contributed by atoms with Crippen LogP contribution in [0, 0.1) is 12.3 Å². The van der Waals surface area contributed by atoms with E-state index in [0.29, 0.717) is 0 Å². The minimum Gasteiger partial charge on any atom is -0.325 e. The third-order valence-electron chi connectivity index (χ3n) is 3.26. The van der Waals surface area contributed by atoms with Gasteiger partial charge in [-0.3, -0.25) is 4.79 Å². The van der Waals surface area contributed by atoms with Crippen molar-refractivity contribution in [3.63, 3.8) is 0 Å². The first kappa shape index (κ1) is 15.7. The lowest BCUT2D eigenvalue weighted by Crippen LogP contribution is -2.45. The highest BCUT2D eigenvalue weighted by atomic mass is 32.1. The van der Waals surface area contributed by atoms with Crippen molar-refractivity contribution < 1.29 is 4.79 Å². The van der Waals surface area contributed by atoms with E-state index in [1.165, 1.54) is 0 Å². The van der Waals surface area contributed by atoms with E-state index in [4.69, 9.17) is 5.73 Å². The molecular weight excluding hydrogens is 282 g/mol. The van der Waals surface area contributed by atoms with Gasteiger partial charge in [0.2, 0.25) is 5.91 Å². The minimum absolute atomic E-state index is 0.172. The van der Waals surface area contributed by atoms with Gasteiger partial charge < -0.3 is 11.1 Å². The van der Waals surface area contributed by atoms with Crippen LogP contribution in [0.1, 0.15) is 25.8 Å². The summed E-state index contributed by atoms with van der Waals surface area (Å²) >= 11 is 1.61. The van der Waals surface area contributed by atoms with Crippen molar-refractivity contribution >= 4 is 22.9 Å². The molecule has 1 heterocycles. The summed E-state index contributed by atoms with van der Waals surface area (Å²) in [5.74, 6) is -0.172. The molecule has 21 heavy (non-hydrogen) atoms. The maximum Gasteiger partial charge on any atom is 0.241 e. The number of aryl methyl sites for hydroxylation is 1. The molecule has 4 nitrogen and oxygen atoms in total. The van der Waals surface area contributed by atoms with Gasteiger partial charge in [-0.15, -0.1) is 11.3 Å². The SMILES string of the molecule is Cc1nc(-c2cccc(NC(=O)C(N)C(C)(C)C)c2)cs1. The molecule has 1 unspecified atom stereocenters. The zero-order valence-electron chi connectivity index (χ0n) is 12.8. The average Bonchev–Trinajstić information content (AvgIpc) is 2.84. The van der Waals surface area contributed by atoms with Crippen LogP contribution in [0.15, 0.2) is 29.6 Å². The fourth-order valence-corrected chi connectivity index (χ4v) is 2.49. The molecule has 1 aromatic heterocycles. The highest BCUT2D eigenvalue weighted by Gasteiger charge is 2.27. The molecule has 5 heteroatoms. The van der Waals surface area contributed by atoms with E-state index in [1.807, 2.05) is 57.3 Å². The largest absolute Gasteiger partial charge is 0.325 e. The summed E-state index contributed by atoms with van der Waals surface area (Å²) in [6.45, 7) is 7.82. The number of hydrogen-bond donors (Lipinski definition) is 2. The second-order valence-corrected chi connectivity index (χ2v) is 7.23. The van der Waals surface area contributed by atoms with E-state index < -0.39 is 6.04 Å². The van der Waals surface area contributed by atoms with Gasteiger partial charge in [-0.2, -0.15) is 0 Å². The molecule has 0 saturated carbocycles. The molecule has 0 saturated heterocycles. The molecule has 1 atom stereocenters. The van der Waals surface area contributed by atoms with Crippen LogP contribution in [0.3, 0.4) is 0 Å². The lowest BCUT2D eigenvalue weighted by atomic mass is 9.87. The normalized spacial score (nSPS) is 13.0. The topological polar surface area (TPSA) is 68.0 Å². The third-order valence-corrected chi connectivity index (χ3v) is 4.03. The van der Waals surface area contributed by atoms with Crippen LogP contribution in [0.25, 0.3) is 11.3 Å². The maximum absolute atomic E-state index is 12.2. The summed E-state index contributed by atoms with van der Waals surface area (Å²) in [5.41, 5.74) is 8.35. The van der Waals surface area contributed by atoms with Gasteiger partial charge in [0.15, 0.2) is 0 Å². The third kappa shape index (κ3) is 3.89. The molecule has 0 aliphatic rings. The zero-order chi connectivity index (χ0) is 15.6. The number of carbonyl (C=O) groups is 1. The van der Waals surface area contributed by atoms with Crippen LogP contribution >= 0.6 is 11.3 Å². The van der Waals surface area contributed by atoms with E-state index in [-0.39, 0.29) is 11.3 Å². The molecule has 0 bridgehead atoms. The zero-order valence-corrected chi connectivity index (χ0v) is 13.6. The van der Waals surface area contributed by atoms with Gasteiger partial charge in [-0.25, -0.2) is 4.98 Å². The van der Waals surface area contributed by atoms with Crippen molar-refractivity contribution in [1.82, 2.24) is 4.98 Å². The van der Waals surface area contributed by atoms with Gasteiger partial charge in [-0.05, 0) is 24.5 Å². The predicted octanol–water partition coefficient (Wildman–Crippen LogP) is 3.43. The summed E-state index contributed by atoms with van der Waals surface area (Å²) in [6, 6.07) is 7.11. The molecule has 0 spiro atoms. The predicted molar refractivity (Wildman–Crippen MR) is 88.3 cm³/mol. The molecule has 0 fully saturated rings. The van der Waals surface area contributed by atoms with Crippen molar-refractivity contribution in [1.29, 1.82) is 0 Å². The highest BCUT2D eigenvalue weighted by molar-refractivity contribution is 7.09. The van der Waals surface area contributed by atoms with Gasteiger partial charge in [0.05, 0.1) is 16.7 Å². The van der Waals surface area contributed by atoms with Gasteiger partial charge in [0, 0.05) is 16.6 Å². The van der Waals surface area contributed by atoms with Gasteiger partial charge >= 0.3 is 0 Å². The summed E-state index contributed by atoms with van der Waals surface area (Å²) < 4.78 is 0. The number of anilines is 1. The molecule has 1 amide bonds. The van der Waals surface area contributed by atoms with Crippen LogP contribution in [0.4, 0.5) is 5.69 Å². The Bertz CT molecular complexity index is 643. The van der Waals surface area contributed by atoms with E-state index in [2.05, 4.69) is 10.3 Å². The van der Waals surface area contributed by atoms with E-state index in [9.17, 15) is 4.79 Å². The number of nitrogens with one attached hydrogen (secondary N) is 1. The summed E-state index contributed by atoms with van der Waals surface area (Å²) in [7, 11) is 0. The van der Waals surface area contributed by atoms with E-state index in [1.54, 1.807) is 11.3 Å². The van der Waals surface area contributed by atoms with Crippen LogP contribution in [-0.2, 0) is 4.79 Å². The molecule has 0 aliphatic carbocycles. The Kier molecular flexibility index (Phi) is 4.44. The molecule has 112 valence electrons. The van der Waals surface area contributed by atoms with E-state index >= 15 is 0 Å².